The lowest BCUT2D eigenvalue weighted by Gasteiger charge is -2.33. The van der Waals surface area contributed by atoms with Crippen molar-refractivity contribution in [1.82, 2.24) is 4.90 Å². The Morgan fingerprint density at radius 1 is 1.39 bits per heavy atom. The van der Waals surface area contributed by atoms with Crippen molar-refractivity contribution >= 4 is 17.5 Å². The zero-order chi connectivity index (χ0) is 13.3. The summed E-state index contributed by atoms with van der Waals surface area (Å²) in [6, 6.07) is 6.68. The lowest BCUT2D eigenvalue weighted by atomic mass is 9.95. The molecule has 18 heavy (non-hydrogen) atoms. The summed E-state index contributed by atoms with van der Waals surface area (Å²) in [6.45, 7) is 0. The number of amides is 1. The molecular weight excluding hydrogens is 252 g/mol. The van der Waals surface area contributed by atoms with Crippen LogP contribution in [-0.4, -0.2) is 23.0 Å². The first kappa shape index (κ1) is 12.7. The van der Waals surface area contributed by atoms with Crippen LogP contribution in [-0.2, 0) is 10.5 Å². The SMILES string of the molecule is CN1C(=O)C=C(/C=C\N)C1(O)c1ccc(Cl)cc1. The molecule has 0 radical (unpaired) electrons. The summed E-state index contributed by atoms with van der Waals surface area (Å²) in [5.41, 5.74) is 4.83. The topological polar surface area (TPSA) is 66.6 Å². The van der Waals surface area contributed by atoms with Crippen molar-refractivity contribution in [3.8, 4) is 0 Å². The molecule has 1 aliphatic rings. The quantitative estimate of drug-likeness (QED) is 0.848. The molecule has 1 aromatic rings. The minimum absolute atomic E-state index is 0.277. The fourth-order valence-electron chi connectivity index (χ4n) is 1.99. The van der Waals surface area contributed by atoms with Crippen LogP contribution in [0.2, 0.25) is 5.02 Å². The molecule has 1 aliphatic heterocycles. The van der Waals surface area contributed by atoms with Crippen LogP contribution in [0.4, 0.5) is 0 Å². The molecule has 0 bridgehead atoms. The second-order valence-corrected chi connectivity index (χ2v) is 4.47. The van der Waals surface area contributed by atoms with E-state index in [0.717, 1.165) is 0 Å². The highest BCUT2D eigenvalue weighted by atomic mass is 35.5. The van der Waals surface area contributed by atoms with Gasteiger partial charge in [0, 0.05) is 29.3 Å². The minimum Gasteiger partial charge on any atom is -0.405 e. The second kappa shape index (κ2) is 4.48. The number of carbonyl (C=O) groups is 1. The van der Waals surface area contributed by atoms with E-state index < -0.39 is 5.72 Å². The number of carbonyl (C=O) groups excluding carboxylic acids is 1. The first-order valence-corrected chi connectivity index (χ1v) is 5.74. The van der Waals surface area contributed by atoms with Gasteiger partial charge in [-0.25, -0.2) is 0 Å². The van der Waals surface area contributed by atoms with Crippen LogP contribution in [0.15, 0.2) is 48.2 Å². The number of nitrogens with two attached hydrogens (primary N) is 1. The average molecular weight is 265 g/mol. The Labute approximate surface area is 110 Å². The van der Waals surface area contributed by atoms with Crippen LogP contribution in [0.3, 0.4) is 0 Å². The molecule has 0 aliphatic carbocycles. The summed E-state index contributed by atoms with van der Waals surface area (Å²) >= 11 is 5.82. The summed E-state index contributed by atoms with van der Waals surface area (Å²) in [6.07, 6.45) is 4.16. The Morgan fingerprint density at radius 3 is 2.56 bits per heavy atom. The van der Waals surface area contributed by atoms with Crippen molar-refractivity contribution < 1.29 is 9.90 Å². The largest absolute Gasteiger partial charge is 0.405 e. The van der Waals surface area contributed by atoms with Crippen molar-refractivity contribution in [2.24, 2.45) is 5.73 Å². The minimum atomic E-state index is -1.50. The number of aliphatic hydroxyl groups is 1. The normalized spacial score (nSPS) is 23.8. The molecule has 0 spiro atoms. The van der Waals surface area contributed by atoms with Gasteiger partial charge in [-0.1, -0.05) is 23.7 Å². The number of benzene rings is 1. The van der Waals surface area contributed by atoms with Gasteiger partial charge in [0.2, 0.25) is 5.91 Å². The number of likely N-dealkylation sites (N-methyl/N-ethyl adjacent to an activating group) is 1. The molecule has 1 amide bonds. The lowest BCUT2D eigenvalue weighted by molar-refractivity contribution is -0.139. The predicted octanol–water partition coefficient (Wildman–Crippen LogP) is 1.36. The van der Waals surface area contributed by atoms with Gasteiger partial charge in [-0.3, -0.25) is 4.79 Å². The number of halogens is 1. The van der Waals surface area contributed by atoms with Crippen LogP contribution in [0, 0.1) is 0 Å². The van der Waals surface area contributed by atoms with Gasteiger partial charge in [-0.05, 0) is 24.4 Å². The summed E-state index contributed by atoms with van der Waals surface area (Å²) in [5, 5.41) is 11.3. The van der Waals surface area contributed by atoms with Crippen LogP contribution < -0.4 is 5.73 Å². The molecule has 0 saturated carbocycles. The van der Waals surface area contributed by atoms with Crippen LogP contribution in [0.25, 0.3) is 0 Å². The van der Waals surface area contributed by atoms with E-state index in [4.69, 9.17) is 17.3 Å². The number of hydrogen-bond donors (Lipinski definition) is 2. The summed E-state index contributed by atoms with van der Waals surface area (Å²) < 4.78 is 0. The van der Waals surface area contributed by atoms with E-state index in [1.165, 1.54) is 30.3 Å². The van der Waals surface area contributed by atoms with Crippen molar-refractivity contribution in [2.75, 3.05) is 7.05 Å². The Kier molecular flexibility index (Phi) is 3.15. The molecule has 0 fully saturated rings. The highest BCUT2D eigenvalue weighted by molar-refractivity contribution is 6.30. The maximum absolute atomic E-state index is 11.7. The van der Waals surface area contributed by atoms with Crippen molar-refractivity contribution in [2.45, 2.75) is 5.72 Å². The zero-order valence-electron chi connectivity index (χ0n) is 9.80. The molecule has 1 atom stereocenters. The summed E-state index contributed by atoms with van der Waals surface area (Å²) in [5.74, 6) is -0.277. The van der Waals surface area contributed by atoms with Gasteiger partial charge < -0.3 is 15.7 Å². The first-order valence-electron chi connectivity index (χ1n) is 5.37. The molecule has 2 rings (SSSR count). The zero-order valence-corrected chi connectivity index (χ0v) is 10.6. The fraction of sp³-hybridized carbons (Fsp3) is 0.154. The van der Waals surface area contributed by atoms with E-state index in [2.05, 4.69) is 0 Å². The van der Waals surface area contributed by atoms with Crippen LogP contribution in [0.1, 0.15) is 5.56 Å². The maximum atomic E-state index is 11.7. The molecule has 0 aromatic heterocycles. The van der Waals surface area contributed by atoms with E-state index in [1.54, 1.807) is 24.3 Å². The molecule has 5 heteroatoms. The third-order valence-corrected chi connectivity index (χ3v) is 3.27. The Morgan fingerprint density at radius 2 is 2.00 bits per heavy atom. The van der Waals surface area contributed by atoms with Gasteiger partial charge in [0.1, 0.15) is 0 Å². The standard InChI is InChI=1S/C13H13ClN2O2/c1-16-12(17)8-10(6-7-15)13(16,18)9-2-4-11(14)5-3-9/h2-8,18H,15H2,1H3/b7-6-. The first-order chi connectivity index (χ1) is 8.50. The Bertz CT molecular complexity index is 536. The maximum Gasteiger partial charge on any atom is 0.249 e. The van der Waals surface area contributed by atoms with E-state index in [1.807, 2.05) is 0 Å². The number of hydrogen-bond acceptors (Lipinski definition) is 3. The van der Waals surface area contributed by atoms with Gasteiger partial charge >= 0.3 is 0 Å². The second-order valence-electron chi connectivity index (χ2n) is 4.04. The molecular formula is C13H13ClN2O2. The molecule has 1 unspecified atom stereocenters. The molecule has 3 N–H and O–H groups in total. The van der Waals surface area contributed by atoms with Gasteiger partial charge in [0.25, 0.3) is 0 Å². The van der Waals surface area contributed by atoms with Crippen molar-refractivity contribution in [3.05, 3.63) is 58.8 Å². The Balaban J connectivity index is 2.54. The predicted molar refractivity (Wildman–Crippen MR) is 69.5 cm³/mol. The monoisotopic (exact) mass is 264 g/mol. The van der Waals surface area contributed by atoms with E-state index in [0.29, 0.717) is 16.2 Å². The van der Waals surface area contributed by atoms with Crippen LogP contribution >= 0.6 is 11.6 Å². The number of nitrogens with zero attached hydrogens (tertiary/aromatic N) is 1. The summed E-state index contributed by atoms with van der Waals surface area (Å²) in [7, 11) is 1.53. The van der Waals surface area contributed by atoms with E-state index in [-0.39, 0.29) is 5.91 Å². The van der Waals surface area contributed by atoms with Crippen molar-refractivity contribution in [1.29, 1.82) is 0 Å². The molecule has 4 nitrogen and oxygen atoms in total. The van der Waals surface area contributed by atoms with E-state index in [9.17, 15) is 9.90 Å². The smallest absolute Gasteiger partial charge is 0.249 e. The third-order valence-electron chi connectivity index (χ3n) is 3.02. The number of rotatable bonds is 2. The van der Waals surface area contributed by atoms with Gasteiger partial charge in [0.05, 0.1) is 0 Å². The highest BCUT2D eigenvalue weighted by Crippen LogP contribution is 2.38. The average Bonchev–Trinajstić information content (AvgIpc) is 2.56. The lowest BCUT2D eigenvalue weighted by Crippen LogP contribution is -2.42. The molecule has 94 valence electrons. The van der Waals surface area contributed by atoms with Crippen LogP contribution in [0.5, 0.6) is 0 Å². The van der Waals surface area contributed by atoms with Gasteiger partial charge in [-0.15, -0.1) is 0 Å². The third kappa shape index (κ3) is 1.79. The fourth-order valence-corrected chi connectivity index (χ4v) is 2.12. The Hall–Kier alpha value is -1.78. The molecule has 1 heterocycles. The van der Waals surface area contributed by atoms with Crippen molar-refractivity contribution in [3.63, 3.8) is 0 Å². The molecule has 0 saturated heterocycles. The van der Waals surface area contributed by atoms with Gasteiger partial charge in [-0.2, -0.15) is 0 Å². The van der Waals surface area contributed by atoms with E-state index >= 15 is 0 Å². The van der Waals surface area contributed by atoms with Gasteiger partial charge in [0.15, 0.2) is 5.72 Å². The molecule has 1 aromatic carbocycles. The highest BCUT2D eigenvalue weighted by Gasteiger charge is 2.44. The summed E-state index contributed by atoms with van der Waals surface area (Å²) in [4.78, 5) is 13.0.